The first-order valence-electron chi connectivity index (χ1n) is 11.7. The van der Waals surface area contributed by atoms with Crippen molar-refractivity contribution in [3.63, 3.8) is 0 Å². The largest absolute Gasteiger partial charge is 0.464 e. The van der Waals surface area contributed by atoms with Crippen molar-refractivity contribution in [3.8, 4) is 5.75 Å². The van der Waals surface area contributed by atoms with Crippen molar-refractivity contribution >= 4 is 19.5 Å². The van der Waals surface area contributed by atoms with Gasteiger partial charge in [0.2, 0.25) is 0 Å². The van der Waals surface area contributed by atoms with E-state index in [4.69, 9.17) is 24.3 Å². The van der Waals surface area contributed by atoms with Gasteiger partial charge in [-0.15, -0.1) is 0 Å². The molecule has 1 aliphatic heterocycles. The van der Waals surface area contributed by atoms with Gasteiger partial charge in [0.05, 0.1) is 12.5 Å². The van der Waals surface area contributed by atoms with E-state index in [1.54, 1.807) is 51.1 Å². The van der Waals surface area contributed by atoms with Crippen LogP contribution in [0.2, 0.25) is 0 Å². The average molecular weight is 541 g/mol. The zero-order chi connectivity index (χ0) is 27.4. The number of para-hydroxylation sites is 1. The van der Waals surface area contributed by atoms with E-state index in [0.717, 1.165) is 4.57 Å². The summed E-state index contributed by atoms with van der Waals surface area (Å²) in [6.07, 6.45) is -2.77. The van der Waals surface area contributed by atoms with Gasteiger partial charge in [0.1, 0.15) is 36.0 Å². The van der Waals surface area contributed by atoms with Crippen LogP contribution in [0.5, 0.6) is 5.75 Å². The number of benzene rings is 1. The second-order valence-electron chi connectivity index (χ2n) is 9.25. The smallest absolute Gasteiger partial charge is 0.459 e. The van der Waals surface area contributed by atoms with Crippen molar-refractivity contribution in [2.45, 2.75) is 57.8 Å². The van der Waals surface area contributed by atoms with Crippen LogP contribution >= 0.6 is 7.75 Å². The van der Waals surface area contributed by atoms with Crippen LogP contribution in [0.3, 0.4) is 0 Å². The number of rotatable bonds is 11. The van der Waals surface area contributed by atoms with E-state index in [0.29, 0.717) is 0 Å². The quantitative estimate of drug-likeness (QED) is 0.236. The van der Waals surface area contributed by atoms with Gasteiger partial charge in [0, 0.05) is 12.2 Å². The zero-order valence-corrected chi connectivity index (χ0v) is 21.9. The highest BCUT2D eigenvalue weighted by Crippen LogP contribution is 2.46. The highest BCUT2D eigenvalue weighted by molar-refractivity contribution is 7.52. The topological polar surface area (TPSA) is 184 Å². The summed E-state index contributed by atoms with van der Waals surface area (Å²) in [5.41, 5.74) is 2.81. The van der Waals surface area contributed by atoms with Crippen molar-refractivity contribution in [3.05, 3.63) is 53.1 Å². The number of nitrogens with zero attached hydrogens (tertiary/aromatic N) is 2. The molecule has 6 atom stereocenters. The minimum atomic E-state index is -4.12. The molecule has 204 valence electrons. The van der Waals surface area contributed by atoms with E-state index < -0.39 is 56.1 Å². The zero-order valence-electron chi connectivity index (χ0n) is 21.0. The molecule has 5 N–H and O–H groups in total. The molecular weight excluding hydrogens is 507 g/mol. The Morgan fingerprint density at radius 3 is 2.59 bits per heavy atom. The monoisotopic (exact) mass is 540 g/mol. The normalized spacial score (nSPS) is 26.0. The van der Waals surface area contributed by atoms with E-state index in [9.17, 15) is 24.4 Å². The molecule has 2 heterocycles. The van der Waals surface area contributed by atoms with Crippen LogP contribution in [-0.2, 0) is 23.4 Å². The highest BCUT2D eigenvalue weighted by Gasteiger charge is 2.54. The Bertz CT molecular complexity index is 1170. The van der Waals surface area contributed by atoms with Crippen LogP contribution in [0, 0.1) is 5.92 Å². The molecule has 1 aliphatic rings. The number of hydrogen-bond acceptors (Lipinski definition) is 11. The molecule has 0 radical (unpaired) electrons. The third-order valence-corrected chi connectivity index (χ3v) is 7.26. The number of esters is 1. The molecule has 1 unspecified atom stereocenters. The number of ether oxygens (including phenoxy) is 2. The van der Waals surface area contributed by atoms with Crippen LogP contribution in [-0.4, -0.2) is 62.8 Å². The Morgan fingerprint density at radius 2 is 1.97 bits per heavy atom. The number of aliphatic hydroxyl groups is 2. The number of carbonyl (C=O) groups is 1. The summed E-state index contributed by atoms with van der Waals surface area (Å²) >= 11 is 0. The number of hydrogen-bond donors (Lipinski definition) is 4. The van der Waals surface area contributed by atoms with Crippen LogP contribution in [0.1, 0.15) is 33.9 Å². The van der Waals surface area contributed by atoms with Crippen LogP contribution in [0.25, 0.3) is 0 Å². The van der Waals surface area contributed by atoms with Gasteiger partial charge in [0.15, 0.2) is 6.23 Å². The van der Waals surface area contributed by atoms with E-state index in [1.165, 1.54) is 19.2 Å². The van der Waals surface area contributed by atoms with Gasteiger partial charge in [-0.1, -0.05) is 32.0 Å². The lowest BCUT2D eigenvalue weighted by atomic mass is 9.96. The highest BCUT2D eigenvalue weighted by atomic mass is 31.2. The summed E-state index contributed by atoms with van der Waals surface area (Å²) in [4.78, 5) is 27.7. The molecule has 1 aromatic carbocycles. The molecule has 1 fully saturated rings. The first kappa shape index (κ1) is 28.8. The van der Waals surface area contributed by atoms with Gasteiger partial charge >= 0.3 is 19.4 Å². The lowest BCUT2D eigenvalue weighted by Crippen LogP contribution is -2.46. The third kappa shape index (κ3) is 7.16. The predicted molar refractivity (Wildman–Crippen MR) is 132 cm³/mol. The van der Waals surface area contributed by atoms with E-state index in [1.807, 2.05) is 0 Å². The van der Waals surface area contributed by atoms with Gasteiger partial charge in [-0.05, 0) is 32.0 Å². The SMILES string of the molecule is CC(C)C(=O)OC[C@H](C)NP(=O)(OC[C@H]1O[C@@H](n2ccc(N)nc2=O)[C@](C)(O)[C@@H]1O)Oc1ccccc1. The molecular formula is C23H33N4O9P. The van der Waals surface area contributed by atoms with Gasteiger partial charge in [0.25, 0.3) is 0 Å². The Morgan fingerprint density at radius 1 is 1.30 bits per heavy atom. The second-order valence-corrected chi connectivity index (χ2v) is 10.9. The molecule has 0 spiro atoms. The number of anilines is 1. The molecule has 1 aromatic heterocycles. The maximum atomic E-state index is 13.7. The molecule has 0 aliphatic carbocycles. The standard InChI is InChI=1S/C23H33N4O9P/c1-14(2)20(29)33-12-15(3)26-37(32,36-16-8-6-5-7-9-16)34-13-17-19(28)23(4,31)21(35-17)27-11-10-18(24)25-22(27)30/h5-11,14-15,17,19,21,28,31H,12-13H2,1-4H3,(H,26,32)(H2,24,25,30)/t15-,17+,19+,21+,23+,37?/m0/s1. The molecule has 2 aromatic rings. The second kappa shape index (κ2) is 11.7. The van der Waals surface area contributed by atoms with Crippen molar-refractivity contribution in [2.75, 3.05) is 18.9 Å². The summed E-state index contributed by atoms with van der Waals surface area (Å²) in [6.45, 7) is 5.71. The minimum absolute atomic E-state index is 0.0161. The molecule has 0 bridgehead atoms. The lowest BCUT2D eigenvalue weighted by Gasteiger charge is -2.27. The van der Waals surface area contributed by atoms with Crippen molar-refractivity contribution in [1.29, 1.82) is 0 Å². The van der Waals surface area contributed by atoms with Crippen LogP contribution < -0.4 is 21.0 Å². The van der Waals surface area contributed by atoms with Crippen LogP contribution in [0.4, 0.5) is 5.82 Å². The number of aliphatic hydroxyl groups excluding tert-OH is 1. The Hall–Kier alpha value is -2.80. The van der Waals surface area contributed by atoms with Crippen molar-refractivity contribution in [1.82, 2.24) is 14.6 Å². The molecule has 0 saturated carbocycles. The van der Waals surface area contributed by atoms with Crippen molar-refractivity contribution < 1.29 is 38.1 Å². The molecule has 14 heteroatoms. The first-order chi connectivity index (χ1) is 17.3. The summed E-state index contributed by atoms with van der Waals surface area (Å²) in [5.74, 6) is -0.530. The van der Waals surface area contributed by atoms with Gasteiger partial charge in [-0.2, -0.15) is 4.98 Å². The van der Waals surface area contributed by atoms with Crippen LogP contribution in [0.15, 0.2) is 47.4 Å². The fourth-order valence-corrected chi connectivity index (χ4v) is 5.08. The molecule has 3 rings (SSSR count). The fraction of sp³-hybridized carbons (Fsp3) is 0.522. The number of aromatic nitrogens is 2. The molecule has 0 amide bonds. The fourth-order valence-electron chi connectivity index (χ4n) is 3.54. The maximum absolute atomic E-state index is 13.7. The number of nitrogens with two attached hydrogens (primary N) is 1. The number of nitrogen functional groups attached to an aromatic ring is 1. The Labute approximate surface area is 214 Å². The summed E-state index contributed by atoms with van der Waals surface area (Å²) in [6, 6.07) is 8.96. The summed E-state index contributed by atoms with van der Waals surface area (Å²) in [7, 11) is -4.12. The Balaban J connectivity index is 1.75. The minimum Gasteiger partial charge on any atom is -0.464 e. The Kier molecular flexibility index (Phi) is 9.11. The van der Waals surface area contributed by atoms with Gasteiger partial charge in [-0.25, -0.2) is 14.4 Å². The van der Waals surface area contributed by atoms with E-state index in [2.05, 4.69) is 10.1 Å². The van der Waals surface area contributed by atoms with E-state index >= 15 is 0 Å². The number of carbonyl (C=O) groups excluding carboxylic acids is 1. The molecule has 1 saturated heterocycles. The summed E-state index contributed by atoms with van der Waals surface area (Å²) in [5, 5.41) is 24.3. The van der Waals surface area contributed by atoms with Gasteiger partial charge in [-0.3, -0.25) is 13.9 Å². The predicted octanol–water partition coefficient (Wildman–Crippen LogP) is 1.22. The average Bonchev–Trinajstić information content (AvgIpc) is 3.05. The van der Waals surface area contributed by atoms with Gasteiger partial charge < -0.3 is 29.9 Å². The lowest BCUT2D eigenvalue weighted by molar-refractivity contribution is -0.147. The molecule has 37 heavy (non-hydrogen) atoms. The third-order valence-electron chi connectivity index (χ3n) is 5.56. The first-order valence-corrected chi connectivity index (χ1v) is 13.2. The maximum Gasteiger partial charge on any atom is 0.459 e. The molecule has 13 nitrogen and oxygen atoms in total. The summed E-state index contributed by atoms with van der Waals surface area (Å²) < 4.78 is 36.8. The van der Waals surface area contributed by atoms with E-state index in [-0.39, 0.29) is 24.1 Å². The van der Waals surface area contributed by atoms with Crippen molar-refractivity contribution in [2.24, 2.45) is 5.92 Å². The number of nitrogens with one attached hydrogen (secondary N) is 1.